The quantitative estimate of drug-likeness (QED) is 0.892. The molecule has 114 valence electrons. The van der Waals surface area contributed by atoms with Crippen LogP contribution >= 0.6 is 0 Å². The molecule has 0 aliphatic carbocycles. The number of hydrogen-bond donors (Lipinski definition) is 2. The van der Waals surface area contributed by atoms with Gasteiger partial charge in [0, 0.05) is 18.2 Å². The molecule has 5 nitrogen and oxygen atoms in total. The average Bonchev–Trinajstić information content (AvgIpc) is 2.47. The van der Waals surface area contributed by atoms with Crippen molar-refractivity contribution in [2.75, 3.05) is 6.61 Å². The van der Waals surface area contributed by atoms with Crippen LogP contribution in [0.25, 0.3) is 0 Å². The zero-order valence-electron chi connectivity index (χ0n) is 12.3. The highest BCUT2D eigenvalue weighted by molar-refractivity contribution is 5.96. The molecule has 1 heterocycles. The first kappa shape index (κ1) is 15.5. The molecular weight excluding hydrogens is 270 g/mol. The van der Waals surface area contributed by atoms with Gasteiger partial charge in [-0.1, -0.05) is 13.8 Å². The van der Waals surface area contributed by atoms with E-state index in [1.54, 1.807) is 0 Å². The van der Waals surface area contributed by atoms with Crippen LogP contribution in [-0.2, 0) is 4.74 Å². The molecule has 0 aromatic heterocycles. The van der Waals surface area contributed by atoms with Gasteiger partial charge in [0.25, 0.3) is 5.91 Å². The largest absolute Gasteiger partial charge is 0.478 e. The number of aromatic carboxylic acids is 1. The Hall–Kier alpha value is -1.88. The van der Waals surface area contributed by atoms with Crippen molar-refractivity contribution >= 4 is 11.9 Å². The van der Waals surface area contributed by atoms with Crippen LogP contribution in [0.2, 0.25) is 0 Å². The lowest BCUT2D eigenvalue weighted by molar-refractivity contribution is -0.0233. The lowest BCUT2D eigenvalue weighted by Gasteiger charge is -2.32. The number of benzene rings is 1. The number of hydrogen-bond acceptors (Lipinski definition) is 3. The van der Waals surface area contributed by atoms with E-state index in [-0.39, 0.29) is 23.6 Å². The maximum atomic E-state index is 12.2. The van der Waals surface area contributed by atoms with Gasteiger partial charge in [0.2, 0.25) is 0 Å². The van der Waals surface area contributed by atoms with Gasteiger partial charge in [-0.25, -0.2) is 4.79 Å². The predicted molar refractivity (Wildman–Crippen MR) is 78.5 cm³/mol. The Labute approximate surface area is 124 Å². The Balaban J connectivity index is 1.96. The van der Waals surface area contributed by atoms with Crippen LogP contribution in [0.1, 0.15) is 47.4 Å². The third-order valence-corrected chi connectivity index (χ3v) is 3.79. The highest BCUT2D eigenvalue weighted by Crippen LogP contribution is 2.20. The molecule has 21 heavy (non-hydrogen) atoms. The van der Waals surface area contributed by atoms with E-state index in [4.69, 9.17) is 9.84 Å². The minimum Gasteiger partial charge on any atom is -0.478 e. The monoisotopic (exact) mass is 291 g/mol. The fourth-order valence-electron chi connectivity index (χ4n) is 2.46. The first-order valence-electron chi connectivity index (χ1n) is 7.23. The number of carbonyl (C=O) groups is 2. The standard InChI is InChI=1S/C16H21NO4/c1-10(2)14-9-13(7-8-21-14)17-15(18)11-3-5-12(6-4-11)16(19)20/h3-6,10,13-14H,7-9H2,1-2H3,(H,17,18)(H,19,20). The fraction of sp³-hybridized carbons (Fsp3) is 0.500. The summed E-state index contributed by atoms with van der Waals surface area (Å²) < 4.78 is 5.68. The van der Waals surface area contributed by atoms with Gasteiger partial charge in [-0.05, 0) is 43.0 Å². The number of carboxylic acids is 1. The smallest absolute Gasteiger partial charge is 0.335 e. The van der Waals surface area contributed by atoms with Gasteiger partial charge in [-0.3, -0.25) is 4.79 Å². The van der Waals surface area contributed by atoms with Crippen molar-refractivity contribution < 1.29 is 19.4 Å². The van der Waals surface area contributed by atoms with Gasteiger partial charge in [0.15, 0.2) is 0 Å². The molecule has 1 aliphatic heterocycles. The van der Waals surface area contributed by atoms with Crippen molar-refractivity contribution in [3.05, 3.63) is 35.4 Å². The Bertz CT molecular complexity index is 510. The fourth-order valence-corrected chi connectivity index (χ4v) is 2.46. The topological polar surface area (TPSA) is 75.6 Å². The molecule has 1 amide bonds. The number of carbonyl (C=O) groups excluding carboxylic acids is 1. The molecule has 1 aromatic carbocycles. The first-order valence-corrected chi connectivity index (χ1v) is 7.23. The van der Waals surface area contributed by atoms with Gasteiger partial charge in [0.05, 0.1) is 11.7 Å². The summed E-state index contributed by atoms with van der Waals surface area (Å²) in [6.45, 7) is 4.88. The second-order valence-electron chi connectivity index (χ2n) is 5.73. The van der Waals surface area contributed by atoms with Gasteiger partial charge >= 0.3 is 5.97 Å². The summed E-state index contributed by atoms with van der Waals surface area (Å²) in [7, 11) is 0. The Kier molecular flexibility index (Phi) is 4.96. The van der Waals surface area contributed by atoms with E-state index in [9.17, 15) is 9.59 Å². The van der Waals surface area contributed by atoms with E-state index >= 15 is 0 Å². The normalized spacial score (nSPS) is 22.0. The molecule has 2 atom stereocenters. The lowest BCUT2D eigenvalue weighted by atomic mass is 9.95. The minimum absolute atomic E-state index is 0.109. The number of nitrogens with one attached hydrogen (secondary N) is 1. The van der Waals surface area contributed by atoms with Crippen LogP contribution in [0.15, 0.2) is 24.3 Å². The van der Waals surface area contributed by atoms with Crippen molar-refractivity contribution in [2.24, 2.45) is 5.92 Å². The molecule has 0 saturated carbocycles. The molecule has 2 unspecified atom stereocenters. The van der Waals surface area contributed by atoms with Crippen molar-refractivity contribution in [3.8, 4) is 0 Å². The Morgan fingerprint density at radius 1 is 1.24 bits per heavy atom. The van der Waals surface area contributed by atoms with Crippen molar-refractivity contribution in [1.29, 1.82) is 0 Å². The highest BCUT2D eigenvalue weighted by atomic mass is 16.5. The number of amides is 1. The van der Waals surface area contributed by atoms with E-state index < -0.39 is 5.97 Å². The maximum Gasteiger partial charge on any atom is 0.335 e. The zero-order chi connectivity index (χ0) is 15.4. The van der Waals surface area contributed by atoms with Crippen molar-refractivity contribution in [2.45, 2.75) is 38.8 Å². The summed E-state index contributed by atoms with van der Waals surface area (Å²) in [4.78, 5) is 23.0. The second kappa shape index (κ2) is 6.72. The molecule has 0 spiro atoms. The Morgan fingerprint density at radius 3 is 2.43 bits per heavy atom. The second-order valence-corrected chi connectivity index (χ2v) is 5.73. The number of rotatable bonds is 4. The van der Waals surface area contributed by atoms with E-state index in [0.29, 0.717) is 18.1 Å². The summed E-state index contributed by atoms with van der Waals surface area (Å²) in [5, 5.41) is 11.8. The van der Waals surface area contributed by atoms with Gasteiger partial charge in [-0.15, -0.1) is 0 Å². The molecular formula is C16H21NO4. The summed E-state index contributed by atoms with van der Waals surface area (Å²) in [5.41, 5.74) is 0.657. The molecule has 1 aliphatic rings. The third kappa shape index (κ3) is 4.04. The van der Waals surface area contributed by atoms with Crippen molar-refractivity contribution in [1.82, 2.24) is 5.32 Å². The van der Waals surface area contributed by atoms with E-state index in [0.717, 1.165) is 12.8 Å². The maximum absolute atomic E-state index is 12.2. The van der Waals surface area contributed by atoms with Gasteiger partial charge in [0.1, 0.15) is 0 Å². The van der Waals surface area contributed by atoms with Gasteiger partial charge < -0.3 is 15.2 Å². The van der Waals surface area contributed by atoms with Crippen LogP contribution < -0.4 is 5.32 Å². The zero-order valence-corrected chi connectivity index (χ0v) is 12.3. The SMILES string of the molecule is CC(C)C1CC(NC(=O)c2ccc(C(=O)O)cc2)CCO1. The average molecular weight is 291 g/mol. The van der Waals surface area contributed by atoms with Crippen LogP contribution in [0, 0.1) is 5.92 Å². The van der Waals surface area contributed by atoms with Crippen LogP contribution in [0.3, 0.4) is 0 Å². The molecule has 2 N–H and O–H groups in total. The molecule has 1 saturated heterocycles. The summed E-state index contributed by atoms with van der Waals surface area (Å²) in [6.07, 6.45) is 1.80. The van der Waals surface area contributed by atoms with Gasteiger partial charge in [-0.2, -0.15) is 0 Å². The molecule has 0 radical (unpaired) electrons. The highest BCUT2D eigenvalue weighted by Gasteiger charge is 2.26. The van der Waals surface area contributed by atoms with Crippen LogP contribution in [0.4, 0.5) is 0 Å². The minimum atomic E-state index is -0.994. The third-order valence-electron chi connectivity index (χ3n) is 3.79. The predicted octanol–water partition coefficient (Wildman–Crippen LogP) is 2.32. The molecule has 1 fully saturated rings. The van der Waals surface area contributed by atoms with E-state index in [1.807, 2.05) is 0 Å². The van der Waals surface area contributed by atoms with E-state index in [1.165, 1.54) is 24.3 Å². The van der Waals surface area contributed by atoms with E-state index in [2.05, 4.69) is 19.2 Å². The summed E-state index contributed by atoms with van der Waals surface area (Å²) in [5.74, 6) is -0.730. The van der Waals surface area contributed by atoms with Crippen molar-refractivity contribution in [3.63, 3.8) is 0 Å². The lowest BCUT2D eigenvalue weighted by Crippen LogP contribution is -2.43. The molecule has 1 aromatic rings. The summed E-state index contributed by atoms with van der Waals surface area (Å²) >= 11 is 0. The first-order chi connectivity index (χ1) is 9.97. The molecule has 5 heteroatoms. The van der Waals surface area contributed by atoms with Crippen LogP contribution in [0.5, 0.6) is 0 Å². The van der Waals surface area contributed by atoms with Crippen LogP contribution in [-0.4, -0.2) is 35.7 Å². The molecule has 2 rings (SSSR count). The Morgan fingerprint density at radius 2 is 1.86 bits per heavy atom. The summed E-state index contributed by atoms with van der Waals surface area (Å²) in [6, 6.07) is 6.07. The number of carboxylic acid groups (broad SMARTS) is 1. The molecule has 0 bridgehead atoms. The number of ether oxygens (including phenoxy) is 1.